The van der Waals surface area contributed by atoms with Crippen LogP contribution in [-0.2, 0) is 4.79 Å². The van der Waals surface area contributed by atoms with Crippen LogP contribution in [0.5, 0.6) is 0 Å². The molecule has 1 saturated heterocycles. The smallest absolute Gasteiger partial charge is 0.307 e. The molecule has 1 aliphatic heterocycles. The number of aromatic nitrogens is 1. The number of halogens is 2. The predicted molar refractivity (Wildman–Crippen MR) is 127 cm³/mol. The zero-order chi connectivity index (χ0) is 24.7. The van der Waals surface area contributed by atoms with Crippen molar-refractivity contribution in [3.63, 3.8) is 0 Å². The number of anilines is 1. The Kier molecular flexibility index (Phi) is 5.96. The first-order valence-electron chi connectivity index (χ1n) is 11.5. The summed E-state index contributed by atoms with van der Waals surface area (Å²) >= 11 is 0. The molecule has 8 heteroatoms. The highest BCUT2D eigenvalue weighted by Gasteiger charge is 2.59. The Balaban J connectivity index is 1.43. The zero-order valence-corrected chi connectivity index (χ0v) is 19.1. The van der Waals surface area contributed by atoms with Crippen molar-refractivity contribution in [2.24, 2.45) is 22.9 Å². The number of carboxylic acid groups (broad SMARTS) is 1. The first-order chi connectivity index (χ1) is 16.9. The quantitative estimate of drug-likeness (QED) is 0.289. The molecule has 2 fully saturated rings. The van der Waals surface area contributed by atoms with E-state index in [1.165, 1.54) is 12.1 Å². The van der Waals surface area contributed by atoms with E-state index in [9.17, 15) is 23.9 Å². The summed E-state index contributed by atoms with van der Waals surface area (Å²) in [4.78, 5) is 17.6. The average molecular weight is 478 g/mol. The van der Waals surface area contributed by atoms with Crippen LogP contribution in [0, 0.1) is 36.3 Å². The first-order valence-corrected chi connectivity index (χ1v) is 11.5. The number of rotatable bonds is 7. The monoisotopic (exact) mass is 477 g/mol. The van der Waals surface area contributed by atoms with Gasteiger partial charge in [-0.25, -0.2) is 8.78 Å². The number of benzene rings is 2. The lowest BCUT2D eigenvalue weighted by Crippen LogP contribution is -2.25. The predicted octanol–water partition coefficient (Wildman–Crippen LogP) is 4.84. The highest BCUT2D eigenvalue weighted by molar-refractivity contribution is 6.01. The SMILES string of the molecule is Cc1cc(/C(C[C@H](c2ccc(N3C[C@@H]4C(C(=O)O)[C@@H]4C3)cc2)c2ccc(F)cc2F)=N/O)ccn1. The Labute approximate surface area is 201 Å². The number of aliphatic carboxylic acids is 1. The van der Waals surface area contributed by atoms with E-state index in [1.54, 1.807) is 18.3 Å². The minimum atomic E-state index is -0.718. The molecule has 180 valence electrons. The van der Waals surface area contributed by atoms with E-state index < -0.39 is 23.5 Å². The van der Waals surface area contributed by atoms with E-state index in [0.29, 0.717) is 29.9 Å². The number of carbonyl (C=O) groups is 1. The molecule has 1 saturated carbocycles. The number of oxime groups is 1. The number of carboxylic acids is 1. The lowest BCUT2D eigenvalue weighted by molar-refractivity contribution is -0.139. The Morgan fingerprint density at radius 3 is 2.43 bits per heavy atom. The maximum Gasteiger partial charge on any atom is 0.307 e. The Bertz CT molecular complexity index is 1280. The van der Waals surface area contributed by atoms with Crippen molar-refractivity contribution in [3.05, 3.63) is 94.8 Å². The molecule has 2 aliphatic rings. The summed E-state index contributed by atoms with van der Waals surface area (Å²) in [6.07, 6.45) is 1.81. The molecule has 0 spiro atoms. The Morgan fingerprint density at radius 1 is 1.11 bits per heavy atom. The van der Waals surface area contributed by atoms with E-state index >= 15 is 0 Å². The maximum atomic E-state index is 14.9. The highest BCUT2D eigenvalue weighted by Crippen LogP contribution is 2.52. The molecule has 6 nitrogen and oxygen atoms in total. The van der Waals surface area contributed by atoms with E-state index in [1.807, 2.05) is 31.2 Å². The fourth-order valence-corrected chi connectivity index (χ4v) is 5.35. The molecule has 2 heterocycles. The van der Waals surface area contributed by atoms with Crippen LogP contribution in [0.4, 0.5) is 14.5 Å². The molecule has 0 amide bonds. The average Bonchev–Trinajstić information content (AvgIpc) is 3.35. The number of hydrogen-bond acceptors (Lipinski definition) is 5. The van der Waals surface area contributed by atoms with Crippen LogP contribution in [-0.4, -0.2) is 40.1 Å². The van der Waals surface area contributed by atoms with Gasteiger partial charge in [0.25, 0.3) is 0 Å². The molecule has 35 heavy (non-hydrogen) atoms. The van der Waals surface area contributed by atoms with E-state index in [-0.39, 0.29) is 24.2 Å². The van der Waals surface area contributed by atoms with Gasteiger partial charge in [0.15, 0.2) is 0 Å². The number of aryl methyl sites for hydroxylation is 1. The number of nitrogens with zero attached hydrogens (tertiary/aromatic N) is 3. The second-order valence-corrected chi connectivity index (χ2v) is 9.34. The van der Waals surface area contributed by atoms with Gasteiger partial charge in [0, 0.05) is 54.6 Å². The largest absolute Gasteiger partial charge is 0.481 e. The van der Waals surface area contributed by atoms with Gasteiger partial charge in [0.05, 0.1) is 11.6 Å². The third-order valence-corrected chi connectivity index (χ3v) is 7.23. The molecule has 4 atom stereocenters. The number of fused-ring (bicyclic) bond motifs is 1. The van der Waals surface area contributed by atoms with Crippen molar-refractivity contribution < 1.29 is 23.9 Å². The highest BCUT2D eigenvalue weighted by atomic mass is 19.1. The lowest BCUT2D eigenvalue weighted by atomic mass is 9.85. The molecule has 1 aliphatic carbocycles. The molecule has 2 N–H and O–H groups in total. The van der Waals surface area contributed by atoms with Crippen LogP contribution in [0.1, 0.15) is 34.7 Å². The molecule has 3 aromatic rings. The number of piperidine rings is 1. The van der Waals surface area contributed by atoms with Crippen molar-refractivity contribution in [2.45, 2.75) is 19.3 Å². The van der Waals surface area contributed by atoms with Gasteiger partial charge in [-0.2, -0.15) is 0 Å². The van der Waals surface area contributed by atoms with Gasteiger partial charge in [0.1, 0.15) is 11.6 Å². The summed E-state index contributed by atoms with van der Waals surface area (Å²) in [5.41, 5.74) is 3.87. The minimum Gasteiger partial charge on any atom is -0.481 e. The molecule has 5 rings (SSSR count). The van der Waals surface area contributed by atoms with Crippen LogP contribution in [0.2, 0.25) is 0 Å². The van der Waals surface area contributed by atoms with Crippen molar-refractivity contribution in [1.82, 2.24) is 4.98 Å². The van der Waals surface area contributed by atoms with E-state index in [2.05, 4.69) is 15.0 Å². The summed E-state index contributed by atoms with van der Waals surface area (Å²) in [5, 5.41) is 22.5. The van der Waals surface area contributed by atoms with Crippen LogP contribution in [0.3, 0.4) is 0 Å². The fourth-order valence-electron chi connectivity index (χ4n) is 5.35. The summed E-state index contributed by atoms with van der Waals surface area (Å²) in [6.45, 7) is 3.24. The molecular weight excluding hydrogens is 452 g/mol. The standard InChI is InChI=1S/C27H25F2N3O3/c1-15-10-17(8-9-30-15)25(31-35)12-21(20-7-4-18(28)11-24(20)29)16-2-5-19(6-3-16)32-13-22-23(14-32)26(22)27(33)34/h2-11,21-23,26,35H,12-14H2,1H3,(H,33,34)/b31-25+/t21-,22-,23+,26?/m1/s1. The van der Waals surface area contributed by atoms with Crippen molar-refractivity contribution in [1.29, 1.82) is 0 Å². The third-order valence-electron chi connectivity index (χ3n) is 7.23. The second kappa shape index (κ2) is 9.09. The molecule has 1 unspecified atom stereocenters. The van der Waals surface area contributed by atoms with Crippen molar-refractivity contribution >= 4 is 17.4 Å². The van der Waals surface area contributed by atoms with Crippen LogP contribution < -0.4 is 4.90 Å². The van der Waals surface area contributed by atoms with Gasteiger partial charge in [-0.15, -0.1) is 0 Å². The summed E-state index contributed by atoms with van der Waals surface area (Å²) < 4.78 is 28.5. The van der Waals surface area contributed by atoms with Gasteiger partial charge in [-0.1, -0.05) is 23.4 Å². The van der Waals surface area contributed by atoms with E-state index in [4.69, 9.17) is 0 Å². The topological polar surface area (TPSA) is 86.0 Å². The van der Waals surface area contributed by atoms with Crippen LogP contribution in [0.25, 0.3) is 0 Å². The molecule has 0 radical (unpaired) electrons. The molecule has 0 bridgehead atoms. The maximum absolute atomic E-state index is 14.9. The number of hydrogen-bond donors (Lipinski definition) is 2. The fraction of sp³-hybridized carbons (Fsp3) is 0.296. The van der Waals surface area contributed by atoms with Crippen molar-refractivity contribution in [3.8, 4) is 0 Å². The minimum absolute atomic E-state index is 0.190. The molecular formula is C27H25F2N3O3. The first kappa shape index (κ1) is 23.0. The Hall–Kier alpha value is -3.81. The van der Waals surface area contributed by atoms with Crippen LogP contribution >= 0.6 is 0 Å². The Morgan fingerprint density at radius 2 is 1.83 bits per heavy atom. The summed E-state index contributed by atoms with van der Waals surface area (Å²) in [6, 6.07) is 14.7. The second-order valence-electron chi connectivity index (χ2n) is 9.34. The van der Waals surface area contributed by atoms with Gasteiger partial charge < -0.3 is 15.2 Å². The van der Waals surface area contributed by atoms with Gasteiger partial charge >= 0.3 is 5.97 Å². The van der Waals surface area contributed by atoms with Gasteiger partial charge in [0.2, 0.25) is 0 Å². The number of pyridine rings is 1. The zero-order valence-electron chi connectivity index (χ0n) is 19.1. The summed E-state index contributed by atoms with van der Waals surface area (Å²) in [5.74, 6) is -2.41. The van der Waals surface area contributed by atoms with Crippen LogP contribution in [0.15, 0.2) is 65.9 Å². The lowest BCUT2D eigenvalue weighted by Gasteiger charge is -2.24. The van der Waals surface area contributed by atoms with Crippen molar-refractivity contribution in [2.75, 3.05) is 18.0 Å². The van der Waals surface area contributed by atoms with Gasteiger partial charge in [-0.3, -0.25) is 9.78 Å². The van der Waals surface area contributed by atoms with E-state index in [0.717, 1.165) is 23.0 Å². The molecule has 1 aromatic heterocycles. The molecule has 2 aromatic carbocycles. The third kappa shape index (κ3) is 4.48. The van der Waals surface area contributed by atoms with Gasteiger partial charge in [-0.05, 0) is 60.2 Å². The normalized spacial score (nSPS) is 22.1. The summed E-state index contributed by atoms with van der Waals surface area (Å²) in [7, 11) is 0.